The number of thioether (sulfide) groups is 1. The zero-order valence-corrected chi connectivity index (χ0v) is 16.1. The van der Waals surface area contributed by atoms with Crippen LogP contribution in [0, 0.1) is 13.8 Å². The number of amides is 3. The molecule has 0 aliphatic heterocycles. The van der Waals surface area contributed by atoms with Gasteiger partial charge < -0.3 is 16.4 Å². The molecule has 0 radical (unpaired) electrons. The summed E-state index contributed by atoms with van der Waals surface area (Å²) >= 11 is 2.95. The van der Waals surface area contributed by atoms with Crippen LogP contribution in [0.5, 0.6) is 0 Å². The molecule has 6 nitrogen and oxygen atoms in total. The van der Waals surface area contributed by atoms with Gasteiger partial charge in [0.2, 0.25) is 5.91 Å². The van der Waals surface area contributed by atoms with E-state index in [1.807, 2.05) is 37.6 Å². The van der Waals surface area contributed by atoms with Gasteiger partial charge in [-0.15, -0.1) is 11.3 Å². The van der Waals surface area contributed by atoms with E-state index in [0.717, 1.165) is 22.6 Å². The van der Waals surface area contributed by atoms with Crippen LogP contribution in [0.15, 0.2) is 23.6 Å². The Balaban J connectivity index is 2.10. The fourth-order valence-electron chi connectivity index (χ4n) is 2.42. The number of nitrogens with two attached hydrogens (primary N) is 1. The third kappa shape index (κ3) is 5.47. The number of aryl methyl sites for hydroxylation is 2. The monoisotopic (exact) mass is 378 g/mol. The molecule has 134 valence electrons. The minimum absolute atomic E-state index is 0.311. The van der Waals surface area contributed by atoms with Crippen molar-refractivity contribution in [2.45, 2.75) is 26.3 Å². The van der Waals surface area contributed by atoms with Gasteiger partial charge in [0.1, 0.15) is 6.04 Å². The lowest BCUT2D eigenvalue weighted by atomic mass is 10.0. The quantitative estimate of drug-likeness (QED) is 0.689. The highest BCUT2D eigenvalue weighted by molar-refractivity contribution is 7.98. The molecule has 0 saturated carbocycles. The molecular formula is C17H22N4O2S2. The van der Waals surface area contributed by atoms with E-state index in [1.54, 1.807) is 11.8 Å². The Morgan fingerprint density at radius 2 is 2.12 bits per heavy atom. The summed E-state index contributed by atoms with van der Waals surface area (Å²) in [6.07, 6.45) is 2.45. The molecule has 8 heteroatoms. The van der Waals surface area contributed by atoms with Crippen molar-refractivity contribution in [3.05, 3.63) is 34.7 Å². The number of carbonyl (C=O) groups is 2. The number of thiazole rings is 1. The molecule has 0 fully saturated rings. The predicted molar refractivity (Wildman–Crippen MR) is 105 cm³/mol. The lowest BCUT2D eigenvalue weighted by Gasteiger charge is -2.15. The van der Waals surface area contributed by atoms with Crippen molar-refractivity contribution in [3.63, 3.8) is 0 Å². The smallest absolute Gasteiger partial charge is 0.312 e. The first-order valence-corrected chi connectivity index (χ1v) is 10.1. The molecule has 4 N–H and O–H groups in total. The number of primary amides is 1. The second-order valence-corrected chi connectivity index (χ2v) is 7.53. The van der Waals surface area contributed by atoms with Crippen molar-refractivity contribution in [2.24, 2.45) is 5.73 Å². The Hall–Kier alpha value is -2.06. The lowest BCUT2D eigenvalue weighted by Crippen LogP contribution is -2.46. The van der Waals surface area contributed by atoms with Crippen LogP contribution >= 0.6 is 23.1 Å². The first-order valence-electron chi connectivity index (χ1n) is 7.79. The molecule has 1 unspecified atom stereocenters. The number of hydrogen-bond donors (Lipinski definition) is 3. The van der Waals surface area contributed by atoms with Gasteiger partial charge in [-0.2, -0.15) is 11.8 Å². The van der Waals surface area contributed by atoms with E-state index in [-0.39, 0.29) is 5.91 Å². The van der Waals surface area contributed by atoms with E-state index >= 15 is 0 Å². The van der Waals surface area contributed by atoms with Gasteiger partial charge in [0.05, 0.1) is 5.69 Å². The maximum atomic E-state index is 12.4. The maximum absolute atomic E-state index is 12.4. The van der Waals surface area contributed by atoms with Crippen LogP contribution in [0.1, 0.15) is 17.5 Å². The summed E-state index contributed by atoms with van der Waals surface area (Å²) in [6.45, 7) is 4.08. The summed E-state index contributed by atoms with van der Waals surface area (Å²) < 4.78 is 0. The Kier molecular flexibility index (Phi) is 6.83. The van der Waals surface area contributed by atoms with Crippen LogP contribution in [0.4, 0.5) is 9.93 Å². The topological polar surface area (TPSA) is 97.1 Å². The van der Waals surface area contributed by atoms with Crippen molar-refractivity contribution >= 4 is 40.2 Å². The Morgan fingerprint density at radius 3 is 2.76 bits per heavy atom. The largest absolute Gasteiger partial charge is 0.352 e. The Bertz CT molecular complexity index is 761. The maximum Gasteiger partial charge on any atom is 0.312 e. The average molecular weight is 379 g/mol. The average Bonchev–Trinajstić information content (AvgIpc) is 2.99. The summed E-state index contributed by atoms with van der Waals surface area (Å²) in [6, 6.07) is 4.79. The van der Waals surface area contributed by atoms with Crippen molar-refractivity contribution in [1.29, 1.82) is 0 Å². The standard InChI is InChI=1S/C17H22N4O2S2/c1-10-4-5-12(11(2)8-10)14-9-25-17(20-14)21-15(22)13(6-7-24-3)19-16(18)23/h4-5,8-9,13H,6-7H2,1-3H3,(H3,18,19,23)(H,20,21,22). The normalized spacial score (nSPS) is 11.8. The molecule has 3 amide bonds. The van der Waals surface area contributed by atoms with E-state index in [2.05, 4.69) is 21.7 Å². The summed E-state index contributed by atoms with van der Waals surface area (Å²) in [5.74, 6) is 0.429. The van der Waals surface area contributed by atoms with Gasteiger partial charge in [0.25, 0.3) is 0 Å². The first-order chi connectivity index (χ1) is 11.9. The fraction of sp³-hybridized carbons (Fsp3) is 0.353. The number of aromatic nitrogens is 1. The van der Waals surface area contributed by atoms with E-state index in [0.29, 0.717) is 11.6 Å². The second-order valence-electron chi connectivity index (χ2n) is 5.69. The molecule has 1 aromatic heterocycles. The summed E-state index contributed by atoms with van der Waals surface area (Å²) in [5.41, 5.74) is 9.34. The fourth-order valence-corrected chi connectivity index (χ4v) is 3.61. The highest BCUT2D eigenvalue weighted by Crippen LogP contribution is 2.28. The lowest BCUT2D eigenvalue weighted by molar-refractivity contribution is -0.117. The van der Waals surface area contributed by atoms with Crippen molar-refractivity contribution < 1.29 is 9.59 Å². The number of hydrogen-bond acceptors (Lipinski definition) is 5. The highest BCUT2D eigenvalue weighted by atomic mass is 32.2. The molecule has 25 heavy (non-hydrogen) atoms. The van der Waals surface area contributed by atoms with E-state index in [4.69, 9.17) is 5.73 Å². The molecule has 0 aliphatic rings. The van der Waals surface area contributed by atoms with Crippen LogP contribution in [-0.2, 0) is 4.79 Å². The number of carbonyl (C=O) groups excluding carboxylic acids is 2. The van der Waals surface area contributed by atoms with Crippen LogP contribution in [0.25, 0.3) is 11.3 Å². The summed E-state index contributed by atoms with van der Waals surface area (Å²) in [5, 5.41) is 7.65. The summed E-state index contributed by atoms with van der Waals surface area (Å²) in [7, 11) is 0. The van der Waals surface area contributed by atoms with Gasteiger partial charge >= 0.3 is 6.03 Å². The molecular weight excluding hydrogens is 356 g/mol. The van der Waals surface area contributed by atoms with E-state index in [1.165, 1.54) is 16.9 Å². The van der Waals surface area contributed by atoms with Gasteiger partial charge in [-0.1, -0.05) is 23.8 Å². The molecule has 0 bridgehead atoms. The number of rotatable bonds is 7. The zero-order chi connectivity index (χ0) is 18.4. The number of nitrogens with one attached hydrogen (secondary N) is 2. The second kappa shape index (κ2) is 8.87. The van der Waals surface area contributed by atoms with Crippen LogP contribution in [0.2, 0.25) is 0 Å². The van der Waals surface area contributed by atoms with E-state index in [9.17, 15) is 9.59 Å². The zero-order valence-electron chi connectivity index (χ0n) is 14.5. The third-order valence-electron chi connectivity index (χ3n) is 3.64. The van der Waals surface area contributed by atoms with Crippen molar-refractivity contribution in [3.8, 4) is 11.3 Å². The Labute approximate surface area is 155 Å². The molecule has 1 heterocycles. The molecule has 2 aromatic rings. The minimum Gasteiger partial charge on any atom is -0.352 e. The first kappa shape index (κ1) is 19.3. The highest BCUT2D eigenvalue weighted by Gasteiger charge is 2.20. The molecule has 0 spiro atoms. The number of benzene rings is 1. The molecule has 0 aliphatic carbocycles. The number of urea groups is 1. The van der Waals surface area contributed by atoms with Crippen LogP contribution in [0.3, 0.4) is 0 Å². The van der Waals surface area contributed by atoms with E-state index < -0.39 is 12.1 Å². The number of nitrogens with zero attached hydrogens (tertiary/aromatic N) is 1. The van der Waals surface area contributed by atoms with Crippen LogP contribution < -0.4 is 16.4 Å². The van der Waals surface area contributed by atoms with Crippen LogP contribution in [-0.4, -0.2) is 35.0 Å². The van der Waals surface area contributed by atoms with Gasteiger partial charge in [-0.25, -0.2) is 9.78 Å². The van der Waals surface area contributed by atoms with Gasteiger partial charge in [0.15, 0.2) is 5.13 Å². The number of anilines is 1. The molecule has 1 aromatic carbocycles. The van der Waals surface area contributed by atoms with Crippen molar-refractivity contribution in [2.75, 3.05) is 17.3 Å². The van der Waals surface area contributed by atoms with Gasteiger partial charge in [-0.3, -0.25) is 4.79 Å². The molecule has 2 rings (SSSR count). The Morgan fingerprint density at radius 1 is 1.36 bits per heavy atom. The summed E-state index contributed by atoms with van der Waals surface area (Å²) in [4.78, 5) is 28.0. The van der Waals surface area contributed by atoms with Crippen molar-refractivity contribution in [1.82, 2.24) is 10.3 Å². The van der Waals surface area contributed by atoms with Gasteiger partial charge in [0, 0.05) is 10.9 Å². The molecule has 1 atom stereocenters. The third-order valence-corrected chi connectivity index (χ3v) is 5.04. The predicted octanol–water partition coefficient (Wildman–Crippen LogP) is 3.16. The minimum atomic E-state index is -0.712. The SMILES string of the molecule is CSCCC(NC(N)=O)C(=O)Nc1nc(-c2ccc(C)cc2C)cs1. The van der Waals surface area contributed by atoms with Gasteiger partial charge in [-0.05, 0) is 37.8 Å². The molecule has 0 saturated heterocycles.